The molecule has 0 spiro atoms. The molecule has 6 N–H and O–H groups in total. The fourth-order valence-corrected chi connectivity index (χ4v) is 0. The summed E-state index contributed by atoms with van der Waals surface area (Å²) in [5.74, 6) is 3.50. The molecule has 0 rings (SSSR count). The summed E-state index contributed by atoms with van der Waals surface area (Å²) in [6.07, 6.45) is -1.83. The number of rotatable bonds is 0. The van der Waals surface area contributed by atoms with Crippen LogP contribution in [0, 0.1) is 0 Å². The van der Waals surface area contributed by atoms with Gasteiger partial charge in [0.2, 0.25) is 10.4 Å². The summed E-state index contributed by atoms with van der Waals surface area (Å²) >= 11 is 0. The Bertz CT molecular complexity index is 172. The van der Waals surface area contributed by atoms with Gasteiger partial charge in [-0.1, -0.05) is 0 Å². The third-order valence-electron chi connectivity index (χ3n) is 0. The van der Waals surface area contributed by atoms with Gasteiger partial charge in [0.15, 0.2) is 0 Å². The maximum atomic E-state index is 8.63. The number of carbonyl (C=O) groups is 1. The number of nitrogens with two attached hydrogens (primary N) is 1. The van der Waals surface area contributed by atoms with Crippen LogP contribution in [0.2, 0.25) is 0 Å². The van der Waals surface area contributed by atoms with Gasteiger partial charge in [0.05, 0.1) is 0 Å². The first-order valence-corrected chi connectivity index (χ1v) is 2.96. The van der Waals surface area contributed by atoms with Crippen LogP contribution in [-0.2, 0) is 10.4 Å². The average Bonchev–Trinajstić information content (AvgIpc) is 1.63. The Morgan fingerprint density at radius 2 is 1.21 bits per heavy atom. The summed E-state index contributed by atoms with van der Waals surface area (Å²) in [5, 5.41) is 20.4. The van der Waals surface area contributed by atoms with Crippen molar-refractivity contribution in [1.82, 2.24) is 0 Å². The summed E-state index contributed by atoms with van der Waals surface area (Å²) in [6.45, 7) is 0. The molecule has 0 saturated heterocycles. The van der Waals surface area contributed by atoms with Crippen molar-refractivity contribution in [2.24, 2.45) is 5.90 Å². The van der Waals surface area contributed by atoms with Crippen LogP contribution in [0.4, 0.5) is 4.79 Å². The van der Waals surface area contributed by atoms with Gasteiger partial charge in [-0.3, -0.25) is 4.55 Å². The Hall–Kier alpha value is 2.18. The third-order valence-corrected chi connectivity index (χ3v) is 0. The Morgan fingerprint density at radius 3 is 1.21 bits per heavy atom. The molecule has 0 heterocycles. The average molecular weight is 334 g/mol. The minimum Gasteiger partial charge on any atom is -1.00 e. The van der Waals surface area contributed by atoms with Crippen molar-refractivity contribution in [1.29, 1.82) is 0 Å². The molecule has 0 amide bonds. The van der Waals surface area contributed by atoms with Crippen LogP contribution >= 0.6 is 0 Å². The van der Waals surface area contributed by atoms with Crippen LogP contribution in [-0.4, -0.2) is 39.1 Å². The maximum absolute atomic E-state index is 8.63. The second-order valence-corrected chi connectivity index (χ2v) is 1.57. The minimum absolute atomic E-state index is 0. The fourth-order valence-electron chi connectivity index (χ4n) is 0. The zero-order valence-electron chi connectivity index (χ0n) is 7.29. The van der Waals surface area contributed by atoms with E-state index < -0.39 is 16.6 Å². The minimum atomic E-state index is -4.92. The number of carboxylic acid groups (broad SMARTS) is 2. The van der Waals surface area contributed by atoms with Crippen LogP contribution in [0.25, 0.3) is 0 Å². The Labute approximate surface area is 155 Å². The van der Waals surface area contributed by atoms with Crippen LogP contribution in [0.5, 0.6) is 0 Å². The number of hydrogen-bond donors (Lipinski definition) is 5. The quantitative estimate of drug-likeness (QED) is 0.124. The molecule has 13 heteroatoms. The molecular formula is CH6BrKNNaO8S. The molecule has 0 fully saturated rings. The van der Waals surface area contributed by atoms with E-state index in [0.717, 1.165) is 0 Å². The van der Waals surface area contributed by atoms with Gasteiger partial charge in [-0.15, -0.1) is 0 Å². The summed E-state index contributed by atoms with van der Waals surface area (Å²) in [6, 6.07) is 0. The SMILES string of the molecule is NO.O=C(O)O.O=S(=O)([O-])O.[Br-].[K+].[Na+]. The van der Waals surface area contributed by atoms with E-state index in [-0.39, 0.29) is 97.9 Å². The van der Waals surface area contributed by atoms with E-state index in [0.29, 0.717) is 0 Å². The molecule has 14 heavy (non-hydrogen) atoms. The molecule has 0 aromatic rings. The predicted octanol–water partition coefficient (Wildman–Crippen LogP) is -10.4. The second-order valence-electron chi connectivity index (χ2n) is 0.710. The predicted molar refractivity (Wildman–Crippen MR) is 29.0 cm³/mol. The van der Waals surface area contributed by atoms with Crippen LogP contribution < -0.4 is 104 Å². The first-order chi connectivity index (χ1) is 4.73. The molecule has 0 bridgehead atoms. The molecule has 0 aliphatic carbocycles. The van der Waals surface area contributed by atoms with Gasteiger partial charge in [0.1, 0.15) is 0 Å². The van der Waals surface area contributed by atoms with Crippen molar-refractivity contribution < 1.29 is 136 Å². The molecule has 0 aliphatic rings. The molecule has 78 valence electrons. The van der Waals surface area contributed by atoms with Crippen molar-refractivity contribution in [2.45, 2.75) is 0 Å². The Kier molecular flexibility index (Phi) is 62.7. The summed E-state index contributed by atoms with van der Waals surface area (Å²) < 4.78 is 32.8. The van der Waals surface area contributed by atoms with Crippen LogP contribution in [0.15, 0.2) is 0 Å². The molecule has 0 atom stereocenters. The maximum Gasteiger partial charge on any atom is 1.00 e. The van der Waals surface area contributed by atoms with E-state index in [1.165, 1.54) is 0 Å². The molecule has 9 nitrogen and oxygen atoms in total. The van der Waals surface area contributed by atoms with E-state index >= 15 is 0 Å². The second kappa shape index (κ2) is 24.4. The van der Waals surface area contributed by atoms with Gasteiger partial charge in [-0.25, -0.2) is 19.1 Å². The number of hydrogen-bond acceptors (Lipinski definition) is 6. The molecule has 0 aromatic heterocycles. The van der Waals surface area contributed by atoms with Crippen molar-refractivity contribution >= 4 is 16.6 Å². The van der Waals surface area contributed by atoms with Gasteiger partial charge >= 0.3 is 87.1 Å². The zero-order valence-corrected chi connectivity index (χ0v) is 14.8. The van der Waals surface area contributed by atoms with Gasteiger partial charge in [-0.2, -0.15) is 0 Å². The van der Waals surface area contributed by atoms with Crippen molar-refractivity contribution in [3.05, 3.63) is 0 Å². The molecule has 0 unspecified atom stereocenters. The van der Waals surface area contributed by atoms with Crippen molar-refractivity contribution in [2.75, 3.05) is 0 Å². The van der Waals surface area contributed by atoms with Gasteiger partial charge in [-0.05, 0) is 0 Å². The van der Waals surface area contributed by atoms with Gasteiger partial charge in [0.25, 0.3) is 0 Å². The van der Waals surface area contributed by atoms with Crippen LogP contribution in [0.1, 0.15) is 0 Å². The zero-order chi connectivity index (χ0) is 10.1. The van der Waals surface area contributed by atoms with E-state index in [4.69, 9.17) is 37.7 Å². The fraction of sp³-hybridized carbons (Fsp3) is 0. The summed E-state index contributed by atoms with van der Waals surface area (Å²) in [4.78, 5) is 8.56. The van der Waals surface area contributed by atoms with Crippen LogP contribution in [0.3, 0.4) is 0 Å². The molecular weight excluding hydrogens is 328 g/mol. The standard InChI is InChI=1S/CH2O3.BrH.K.H3NO.Na.H2O4S/c2-1(3)4;;;1-2;;1-5(2,3)4/h(H2,2,3,4);1H;;2H,1H2;;(H2,1,2,3,4)/q;;+1;;+1;/p-2. The first kappa shape index (κ1) is 36.0. The monoisotopic (exact) mass is 333 g/mol. The first-order valence-electron chi connectivity index (χ1n) is 1.59. The molecule has 0 radical (unpaired) electrons. The number of halogens is 1. The largest absolute Gasteiger partial charge is 1.00 e. The molecule has 0 saturated carbocycles. The van der Waals surface area contributed by atoms with E-state index in [1.54, 1.807) is 0 Å². The Morgan fingerprint density at radius 1 is 1.21 bits per heavy atom. The van der Waals surface area contributed by atoms with Crippen molar-refractivity contribution in [3.8, 4) is 0 Å². The van der Waals surface area contributed by atoms with Gasteiger partial charge < -0.3 is 37.0 Å². The van der Waals surface area contributed by atoms with E-state index in [1.807, 2.05) is 0 Å². The van der Waals surface area contributed by atoms with Crippen molar-refractivity contribution in [3.63, 3.8) is 0 Å². The smallest absolute Gasteiger partial charge is 1.00 e. The third kappa shape index (κ3) is 520. The topological polar surface area (TPSA) is 181 Å². The Balaban J connectivity index is -0.0000000166. The molecule has 0 aromatic carbocycles. The summed E-state index contributed by atoms with van der Waals surface area (Å²) in [5.41, 5.74) is 0. The summed E-state index contributed by atoms with van der Waals surface area (Å²) in [7, 11) is -4.92. The van der Waals surface area contributed by atoms with E-state index in [9.17, 15) is 0 Å². The molecule has 0 aliphatic heterocycles. The van der Waals surface area contributed by atoms with E-state index in [2.05, 4.69) is 5.90 Å². The van der Waals surface area contributed by atoms with Gasteiger partial charge in [0, 0.05) is 0 Å². The normalized spacial score (nSPS) is 6.29.